The van der Waals surface area contributed by atoms with Gasteiger partial charge in [-0.25, -0.2) is 14.3 Å². The van der Waals surface area contributed by atoms with Gasteiger partial charge in [0.2, 0.25) is 0 Å². The summed E-state index contributed by atoms with van der Waals surface area (Å²) in [6, 6.07) is 1.78. The Hall–Kier alpha value is -1.18. The maximum Gasteiger partial charge on any atom is 0.382 e. The molecule has 0 unspecified atom stereocenters. The SMILES string of the molecule is COC(=O)SNCc1cc2c(s1)C=C(C(=O)O)CC([NH-])=N2.[Pd]. The molecule has 0 amide bonds. The number of carbonyl (C=O) groups is 2. The Kier molecular flexibility index (Phi) is 7.25. The molecular formula is C12H12N3O4PdS2-. The van der Waals surface area contributed by atoms with Crippen molar-refractivity contribution in [2.45, 2.75) is 13.0 Å². The maximum absolute atomic E-state index is 11.1. The normalized spacial score (nSPS) is 13.1. The molecule has 122 valence electrons. The van der Waals surface area contributed by atoms with E-state index in [1.54, 1.807) is 12.1 Å². The molecule has 0 saturated carbocycles. The second kappa shape index (κ2) is 8.45. The van der Waals surface area contributed by atoms with Gasteiger partial charge in [0.05, 0.1) is 7.11 Å². The summed E-state index contributed by atoms with van der Waals surface area (Å²) in [6.07, 6.45) is 1.56. The number of carboxylic acids is 1. The zero-order chi connectivity index (χ0) is 15.4. The Bertz CT molecular complexity index is 642. The van der Waals surface area contributed by atoms with Crippen molar-refractivity contribution in [3.63, 3.8) is 0 Å². The van der Waals surface area contributed by atoms with Gasteiger partial charge in [0.25, 0.3) is 0 Å². The number of thiophene rings is 1. The molecule has 1 aromatic rings. The van der Waals surface area contributed by atoms with Crippen molar-refractivity contribution < 1.29 is 39.9 Å². The first kappa shape index (κ1) is 18.9. The van der Waals surface area contributed by atoms with Crippen molar-refractivity contribution in [1.82, 2.24) is 4.72 Å². The van der Waals surface area contributed by atoms with Gasteiger partial charge in [0.1, 0.15) is 0 Å². The minimum absolute atomic E-state index is 0. The number of nitrogens with one attached hydrogen (secondary N) is 2. The summed E-state index contributed by atoms with van der Waals surface area (Å²) >= 11 is 2.21. The number of methoxy groups -OCH3 is 1. The molecular weight excluding hydrogens is 421 g/mol. The van der Waals surface area contributed by atoms with Gasteiger partial charge in [-0.15, -0.1) is 11.3 Å². The molecule has 22 heavy (non-hydrogen) atoms. The Morgan fingerprint density at radius 2 is 2.32 bits per heavy atom. The van der Waals surface area contributed by atoms with Gasteiger partial charge in [0.15, 0.2) is 0 Å². The quantitative estimate of drug-likeness (QED) is 0.429. The molecule has 7 nitrogen and oxygen atoms in total. The zero-order valence-electron chi connectivity index (χ0n) is 11.3. The Labute approximate surface area is 148 Å². The van der Waals surface area contributed by atoms with Crippen LogP contribution in [0.15, 0.2) is 16.6 Å². The number of aliphatic imine (C=N–C) groups is 1. The van der Waals surface area contributed by atoms with E-state index in [-0.39, 0.29) is 38.3 Å². The summed E-state index contributed by atoms with van der Waals surface area (Å²) in [5.74, 6) is -1.03. The number of hydrogen-bond donors (Lipinski definition) is 2. The molecule has 2 heterocycles. The molecule has 0 aromatic carbocycles. The predicted molar refractivity (Wildman–Crippen MR) is 82.8 cm³/mol. The van der Waals surface area contributed by atoms with Crippen LogP contribution in [0.3, 0.4) is 0 Å². The molecule has 0 atom stereocenters. The van der Waals surface area contributed by atoms with E-state index in [9.17, 15) is 9.59 Å². The molecule has 0 spiro atoms. The van der Waals surface area contributed by atoms with Crippen molar-refractivity contribution >= 4 is 52.2 Å². The van der Waals surface area contributed by atoms with Crippen LogP contribution < -0.4 is 4.72 Å². The number of carbonyl (C=O) groups excluding carboxylic acids is 1. The number of amidine groups is 1. The first-order valence-corrected chi connectivity index (χ1v) is 7.46. The van der Waals surface area contributed by atoms with Crippen LogP contribution in [-0.2, 0) is 36.5 Å². The summed E-state index contributed by atoms with van der Waals surface area (Å²) in [4.78, 5) is 27.7. The molecule has 1 aliphatic rings. The van der Waals surface area contributed by atoms with Crippen LogP contribution in [0.5, 0.6) is 0 Å². The van der Waals surface area contributed by atoms with E-state index in [2.05, 4.69) is 14.5 Å². The van der Waals surface area contributed by atoms with Crippen molar-refractivity contribution in [3.05, 3.63) is 27.1 Å². The Morgan fingerprint density at radius 3 is 2.95 bits per heavy atom. The van der Waals surface area contributed by atoms with Crippen molar-refractivity contribution in [2.75, 3.05) is 7.11 Å². The van der Waals surface area contributed by atoms with Crippen LogP contribution >= 0.6 is 23.3 Å². The van der Waals surface area contributed by atoms with Crippen LogP contribution in [0.1, 0.15) is 16.2 Å². The standard InChI is InChI=1S/C12H13N3O4S2.Pd/c1-19-12(18)21-14-5-7-4-8-9(20-7)2-6(11(16)17)3-10(13)15-8;/h2,4,14H,3,5H2,1H3,(H3,13,15,16,17);/p-1. The van der Waals surface area contributed by atoms with Gasteiger partial charge in [-0.1, -0.05) is 5.84 Å². The minimum atomic E-state index is -1.04. The number of nitrogens with zero attached hydrogens (tertiary/aromatic N) is 1. The average molecular weight is 433 g/mol. The van der Waals surface area contributed by atoms with Crippen LogP contribution in [0.25, 0.3) is 11.8 Å². The molecule has 2 rings (SSSR count). The van der Waals surface area contributed by atoms with Gasteiger partial charge < -0.3 is 20.6 Å². The molecule has 1 aromatic heterocycles. The van der Waals surface area contributed by atoms with Gasteiger partial charge in [-0.3, -0.25) is 0 Å². The first-order valence-electron chi connectivity index (χ1n) is 5.83. The van der Waals surface area contributed by atoms with Crippen molar-refractivity contribution in [2.24, 2.45) is 4.99 Å². The molecule has 0 aliphatic carbocycles. The number of hydrogen-bond acceptors (Lipinski definition) is 7. The molecule has 0 radical (unpaired) electrons. The zero-order valence-corrected chi connectivity index (χ0v) is 14.5. The summed E-state index contributed by atoms with van der Waals surface area (Å²) in [5, 5.41) is 8.64. The summed E-state index contributed by atoms with van der Waals surface area (Å²) in [5.41, 5.74) is 8.40. The molecule has 10 heteroatoms. The third-order valence-electron chi connectivity index (χ3n) is 2.55. The van der Waals surface area contributed by atoms with E-state index in [1.807, 2.05) is 0 Å². The maximum atomic E-state index is 11.1. The smallest absolute Gasteiger partial charge is 0.382 e. The molecule has 0 saturated heterocycles. The fourth-order valence-electron chi connectivity index (χ4n) is 1.64. The molecule has 3 N–H and O–H groups in total. The number of fused-ring (bicyclic) bond motifs is 1. The first-order chi connectivity index (χ1) is 9.99. The summed E-state index contributed by atoms with van der Waals surface area (Å²) in [7, 11) is 1.30. The van der Waals surface area contributed by atoms with Crippen LogP contribution in [-0.4, -0.2) is 29.3 Å². The predicted octanol–water partition coefficient (Wildman–Crippen LogP) is 3.20. The van der Waals surface area contributed by atoms with Crippen LogP contribution in [0.2, 0.25) is 0 Å². The van der Waals surface area contributed by atoms with E-state index in [0.29, 0.717) is 17.1 Å². The van der Waals surface area contributed by atoms with Gasteiger partial charge in [-0.05, 0) is 24.3 Å². The number of ether oxygens (including phenoxy) is 1. The molecule has 1 aliphatic heterocycles. The van der Waals surface area contributed by atoms with Crippen LogP contribution in [0.4, 0.5) is 10.5 Å². The van der Waals surface area contributed by atoms with E-state index < -0.39 is 11.3 Å². The average Bonchev–Trinajstić information content (AvgIpc) is 2.71. The third kappa shape index (κ3) is 4.93. The largest absolute Gasteiger partial charge is 0.485 e. The Balaban J connectivity index is 0.00000242. The second-order valence-corrected chi connectivity index (χ2v) is 6.04. The Morgan fingerprint density at radius 1 is 1.59 bits per heavy atom. The topological polar surface area (TPSA) is 112 Å². The van der Waals surface area contributed by atoms with E-state index in [0.717, 1.165) is 16.8 Å². The van der Waals surface area contributed by atoms with Gasteiger partial charge in [-0.2, -0.15) is 0 Å². The monoisotopic (exact) mass is 432 g/mol. The summed E-state index contributed by atoms with van der Waals surface area (Å²) < 4.78 is 7.33. The van der Waals surface area contributed by atoms with Gasteiger partial charge in [0, 0.05) is 54.2 Å². The van der Waals surface area contributed by atoms with E-state index >= 15 is 0 Å². The van der Waals surface area contributed by atoms with E-state index in [1.165, 1.54) is 18.4 Å². The van der Waals surface area contributed by atoms with Gasteiger partial charge >= 0.3 is 11.3 Å². The second-order valence-electron chi connectivity index (χ2n) is 4.05. The van der Waals surface area contributed by atoms with Crippen molar-refractivity contribution in [3.8, 4) is 0 Å². The number of rotatable bonds is 4. The van der Waals surface area contributed by atoms with Crippen molar-refractivity contribution in [1.29, 1.82) is 0 Å². The number of carboxylic acid groups (broad SMARTS) is 1. The minimum Gasteiger partial charge on any atom is -0.485 e. The molecule has 0 bridgehead atoms. The number of aliphatic carboxylic acids is 1. The molecule has 0 fully saturated rings. The fraction of sp³-hybridized carbons (Fsp3) is 0.250. The van der Waals surface area contributed by atoms with Crippen LogP contribution in [0, 0.1) is 0 Å². The fourth-order valence-corrected chi connectivity index (χ4v) is 3.17. The van der Waals surface area contributed by atoms with E-state index in [4.69, 9.17) is 10.8 Å². The third-order valence-corrected chi connectivity index (χ3v) is 4.25. The summed E-state index contributed by atoms with van der Waals surface area (Å²) in [6.45, 7) is 0.413.